The lowest BCUT2D eigenvalue weighted by Crippen LogP contribution is -2.07. The summed E-state index contributed by atoms with van der Waals surface area (Å²) >= 11 is 3.34. The van der Waals surface area contributed by atoms with Crippen molar-refractivity contribution in [3.63, 3.8) is 0 Å². The number of aromatic nitrogens is 3. The Balaban J connectivity index is 2.29. The summed E-state index contributed by atoms with van der Waals surface area (Å²) in [5, 5.41) is 0. The molecule has 5 nitrogen and oxygen atoms in total. The van der Waals surface area contributed by atoms with Crippen LogP contribution in [0.3, 0.4) is 0 Å². The highest BCUT2D eigenvalue weighted by atomic mass is 79.9. The van der Waals surface area contributed by atoms with Gasteiger partial charge < -0.3 is 10.5 Å². The summed E-state index contributed by atoms with van der Waals surface area (Å²) in [6.07, 6.45) is 4.97. The largest absolute Gasteiger partial charge is 0.452 e. The van der Waals surface area contributed by atoms with Gasteiger partial charge in [-0.1, -0.05) is 13.8 Å². The maximum Gasteiger partial charge on any atom is 0.168 e. The Labute approximate surface area is 120 Å². The molecule has 6 heteroatoms. The van der Waals surface area contributed by atoms with Crippen molar-refractivity contribution in [1.29, 1.82) is 0 Å². The molecular weight excluding hydrogens is 308 g/mol. The van der Waals surface area contributed by atoms with E-state index in [1.165, 1.54) is 0 Å². The quantitative estimate of drug-likeness (QED) is 0.936. The minimum Gasteiger partial charge on any atom is -0.452 e. The standard InChI is InChI=1S/C13H15BrN4O/c1-8(2)13-17-7-12(11(4-15)18-13)19-10-3-9(14)5-16-6-10/h3,5-8H,4,15H2,1-2H3. The van der Waals surface area contributed by atoms with Crippen LogP contribution in [0.4, 0.5) is 0 Å². The number of nitrogens with zero attached hydrogens (tertiary/aromatic N) is 3. The van der Waals surface area contributed by atoms with Crippen LogP contribution in [0.5, 0.6) is 11.5 Å². The van der Waals surface area contributed by atoms with Gasteiger partial charge in [-0.3, -0.25) is 4.98 Å². The molecule has 0 saturated carbocycles. The molecule has 0 aliphatic carbocycles. The highest BCUT2D eigenvalue weighted by molar-refractivity contribution is 9.10. The number of halogens is 1. The predicted molar refractivity (Wildman–Crippen MR) is 76.0 cm³/mol. The zero-order valence-electron chi connectivity index (χ0n) is 10.8. The number of nitrogens with two attached hydrogens (primary N) is 1. The van der Waals surface area contributed by atoms with E-state index in [0.717, 1.165) is 10.3 Å². The van der Waals surface area contributed by atoms with Crippen LogP contribution in [0.25, 0.3) is 0 Å². The van der Waals surface area contributed by atoms with E-state index < -0.39 is 0 Å². The van der Waals surface area contributed by atoms with Crippen molar-refractivity contribution in [2.24, 2.45) is 5.73 Å². The molecule has 2 rings (SSSR count). The molecule has 0 aliphatic rings. The first kappa shape index (κ1) is 13.9. The predicted octanol–water partition coefficient (Wildman–Crippen LogP) is 3.01. The molecule has 0 spiro atoms. The molecule has 2 heterocycles. The molecule has 0 atom stereocenters. The monoisotopic (exact) mass is 322 g/mol. The molecule has 2 N–H and O–H groups in total. The fraction of sp³-hybridized carbons (Fsp3) is 0.308. The third kappa shape index (κ3) is 3.48. The zero-order valence-corrected chi connectivity index (χ0v) is 12.4. The molecule has 0 amide bonds. The normalized spacial score (nSPS) is 10.8. The molecule has 0 aromatic carbocycles. The van der Waals surface area contributed by atoms with Gasteiger partial charge in [0.25, 0.3) is 0 Å². The van der Waals surface area contributed by atoms with Crippen molar-refractivity contribution in [3.8, 4) is 11.5 Å². The van der Waals surface area contributed by atoms with Gasteiger partial charge in [-0.15, -0.1) is 0 Å². The smallest absolute Gasteiger partial charge is 0.168 e. The molecule has 0 aliphatic heterocycles. The Morgan fingerprint density at radius 3 is 2.74 bits per heavy atom. The highest BCUT2D eigenvalue weighted by Crippen LogP contribution is 2.25. The maximum atomic E-state index is 5.72. The molecule has 100 valence electrons. The summed E-state index contributed by atoms with van der Waals surface area (Å²) in [5.74, 6) is 2.20. The summed E-state index contributed by atoms with van der Waals surface area (Å²) in [4.78, 5) is 12.7. The summed E-state index contributed by atoms with van der Waals surface area (Å²) < 4.78 is 6.56. The van der Waals surface area contributed by atoms with Crippen LogP contribution in [0.15, 0.2) is 29.1 Å². The average molecular weight is 323 g/mol. The van der Waals surface area contributed by atoms with Crippen LogP contribution < -0.4 is 10.5 Å². The Hall–Kier alpha value is -1.53. The van der Waals surface area contributed by atoms with E-state index in [2.05, 4.69) is 30.9 Å². The Bertz CT molecular complexity index is 574. The van der Waals surface area contributed by atoms with E-state index in [0.29, 0.717) is 23.7 Å². The summed E-state index contributed by atoms with van der Waals surface area (Å²) in [5.41, 5.74) is 6.40. The van der Waals surface area contributed by atoms with E-state index >= 15 is 0 Å². The number of pyridine rings is 1. The Morgan fingerprint density at radius 1 is 1.32 bits per heavy atom. The molecule has 0 unspecified atom stereocenters. The number of hydrogen-bond donors (Lipinski definition) is 1. The summed E-state index contributed by atoms with van der Waals surface area (Å²) in [6, 6.07) is 1.82. The lowest BCUT2D eigenvalue weighted by Gasteiger charge is -2.11. The SMILES string of the molecule is CC(C)c1ncc(Oc2cncc(Br)c2)c(CN)n1. The molecule has 0 saturated heterocycles. The number of ether oxygens (including phenoxy) is 1. The third-order valence-corrected chi connectivity index (χ3v) is 2.90. The average Bonchev–Trinajstić information content (AvgIpc) is 2.39. The first-order valence-corrected chi connectivity index (χ1v) is 6.73. The van der Waals surface area contributed by atoms with Gasteiger partial charge in [-0.05, 0) is 22.0 Å². The van der Waals surface area contributed by atoms with Crippen LogP contribution in [0, 0.1) is 0 Å². The van der Waals surface area contributed by atoms with E-state index in [1.54, 1.807) is 18.6 Å². The Morgan fingerprint density at radius 2 is 2.11 bits per heavy atom. The minimum atomic E-state index is 0.256. The van der Waals surface area contributed by atoms with E-state index in [-0.39, 0.29) is 5.92 Å². The zero-order chi connectivity index (χ0) is 13.8. The van der Waals surface area contributed by atoms with Gasteiger partial charge in [0.05, 0.1) is 12.4 Å². The van der Waals surface area contributed by atoms with Crippen molar-refractivity contribution in [2.75, 3.05) is 0 Å². The van der Waals surface area contributed by atoms with E-state index in [1.807, 2.05) is 19.9 Å². The third-order valence-electron chi connectivity index (χ3n) is 2.47. The summed E-state index contributed by atoms with van der Waals surface area (Å²) in [6.45, 7) is 4.38. The van der Waals surface area contributed by atoms with Crippen molar-refractivity contribution in [1.82, 2.24) is 15.0 Å². The number of rotatable bonds is 4. The number of hydrogen-bond acceptors (Lipinski definition) is 5. The molecule has 2 aromatic heterocycles. The first-order valence-electron chi connectivity index (χ1n) is 5.94. The van der Waals surface area contributed by atoms with E-state index in [9.17, 15) is 0 Å². The van der Waals surface area contributed by atoms with Crippen molar-refractivity contribution < 1.29 is 4.74 Å². The second kappa shape index (κ2) is 6.08. The van der Waals surface area contributed by atoms with Crippen LogP contribution in [-0.4, -0.2) is 15.0 Å². The Kier molecular flexibility index (Phi) is 4.44. The van der Waals surface area contributed by atoms with Gasteiger partial charge in [-0.25, -0.2) is 9.97 Å². The van der Waals surface area contributed by atoms with Crippen LogP contribution in [-0.2, 0) is 6.54 Å². The van der Waals surface area contributed by atoms with Crippen molar-refractivity contribution in [3.05, 3.63) is 40.6 Å². The molecule has 2 aromatic rings. The second-order valence-electron chi connectivity index (χ2n) is 4.34. The van der Waals surface area contributed by atoms with Crippen LogP contribution in [0.1, 0.15) is 31.3 Å². The fourth-order valence-corrected chi connectivity index (χ4v) is 1.85. The fourth-order valence-electron chi connectivity index (χ4n) is 1.51. The lowest BCUT2D eigenvalue weighted by atomic mass is 10.2. The minimum absolute atomic E-state index is 0.256. The van der Waals surface area contributed by atoms with Gasteiger partial charge in [-0.2, -0.15) is 0 Å². The first-order chi connectivity index (χ1) is 9.10. The molecule has 19 heavy (non-hydrogen) atoms. The second-order valence-corrected chi connectivity index (χ2v) is 5.25. The molecule has 0 fully saturated rings. The topological polar surface area (TPSA) is 73.9 Å². The molecular formula is C13H15BrN4O. The van der Waals surface area contributed by atoms with E-state index in [4.69, 9.17) is 10.5 Å². The van der Waals surface area contributed by atoms with Gasteiger partial charge in [0.1, 0.15) is 17.3 Å². The van der Waals surface area contributed by atoms with Crippen LogP contribution >= 0.6 is 15.9 Å². The van der Waals surface area contributed by atoms with Crippen molar-refractivity contribution >= 4 is 15.9 Å². The van der Waals surface area contributed by atoms with Gasteiger partial charge in [0.2, 0.25) is 0 Å². The molecule has 0 radical (unpaired) electrons. The van der Waals surface area contributed by atoms with Gasteiger partial charge >= 0.3 is 0 Å². The van der Waals surface area contributed by atoms with Crippen LogP contribution in [0.2, 0.25) is 0 Å². The van der Waals surface area contributed by atoms with Gasteiger partial charge in [0.15, 0.2) is 5.75 Å². The maximum absolute atomic E-state index is 5.72. The summed E-state index contributed by atoms with van der Waals surface area (Å²) in [7, 11) is 0. The lowest BCUT2D eigenvalue weighted by molar-refractivity contribution is 0.465. The highest BCUT2D eigenvalue weighted by Gasteiger charge is 2.10. The molecule has 0 bridgehead atoms. The van der Waals surface area contributed by atoms with Gasteiger partial charge in [0, 0.05) is 23.1 Å². The van der Waals surface area contributed by atoms with Crippen molar-refractivity contribution in [2.45, 2.75) is 26.3 Å².